The lowest BCUT2D eigenvalue weighted by molar-refractivity contribution is 0.469. The van der Waals surface area contributed by atoms with Crippen molar-refractivity contribution >= 4 is 23.2 Å². The predicted octanol–water partition coefficient (Wildman–Crippen LogP) is 2.12. The lowest BCUT2D eigenvalue weighted by Gasteiger charge is -2.12. The van der Waals surface area contributed by atoms with Crippen molar-refractivity contribution in [2.24, 2.45) is 0 Å². The maximum atomic E-state index is 5.84. The number of nitrogens with zero attached hydrogens (tertiary/aromatic N) is 3. The van der Waals surface area contributed by atoms with E-state index in [-0.39, 0.29) is 11.4 Å². The number of hydrogen-bond donors (Lipinski definition) is 0. The summed E-state index contributed by atoms with van der Waals surface area (Å²) in [6, 6.07) is 0.122. The van der Waals surface area contributed by atoms with E-state index < -0.39 is 0 Å². The second kappa shape index (κ2) is 3.41. The third kappa shape index (κ3) is 2.07. The Kier molecular flexibility index (Phi) is 2.73. The van der Waals surface area contributed by atoms with E-state index in [1.165, 1.54) is 0 Å². The Morgan fingerprint density at radius 2 is 2.18 bits per heavy atom. The normalized spacial score (nSPS) is 16.4. The van der Waals surface area contributed by atoms with Crippen molar-refractivity contribution in [2.75, 3.05) is 0 Å². The zero-order chi connectivity index (χ0) is 8.43. The molecule has 1 aromatic rings. The molecule has 62 valence electrons. The monoisotopic (exact) mass is 193 g/mol. The maximum Gasteiger partial charge on any atom is 0.171 e. The van der Waals surface area contributed by atoms with E-state index in [0.29, 0.717) is 5.15 Å². The molecule has 0 aliphatic heterocycles. The van der Waals surface area contributed by atoms with Gasteiger partial charge in [0, 0.05) is 0 Å². The van der Waals surface area contributed by atoms with Crippen molar-refractivity contribution in [2.45, 2.75) is 25.3 Å². The summed E-state index contributed by atoms with van der Waals surface area (Å²) in [5.41, 5.74) is 0. The van der Waals surface area contributed by atoms with Crippen LogP contribution in [0.3, 0.4) is 0 Å². The number of rotatable bonds is 2. The lowest BCUT2D eigenvalue weighted by atomic mass is 10.3. The van der Waals surface area contributed by atoms with Gasteiger partial charge < -0.3 is 0 Å². The molecule has 0 saturated carbocycles. The second-order valence-corrected chi connectivity index (χ2v) is 3.52. The highest BCUT2D eigenvalue weighted by atomic mass is 35.5. The predicted molar refractivity (Wildman–Crippen MR) is 45.1 cm³/mol. The molecule has 0 radical (unpaired) electrons. The topological polar surface area (TPSA) is 30.7 Å². The SMILES string of the molecule is CC(Cl)[C@@H](C)n1cc(Cl)nn1. The summed E-state index contributed by atoms with van der Waals surface area (Å²) in [6.45, 7) is 3.87. The highest BCUT2D eigenvalue weighted by molar-refractivity contribution is 6.29. The smallest absolute Gasteiger partial charge is 0.171 e. The van der Waals surface area contributed by atoms with Gasteiger partial charge in [0.15, 0.2) is 5.15 Å². The number of aromatic nitrogens is 3. The third-order valence-electron chi connectivity index (χ3n) is 1.56. The number of halogens is 2. The fraction of sp³-hybridized carbons (Fsp3) is 0.667. The van der Waals surface area contributed by atoms with E-state index in [0.717, 1.165) is 0 Å². The fourth-order valence-corrected chi connectivity index (χ4v) is 0.914. The largest absolute Gasteiger partial charge is 0.247 e. The Morgan fingerprint density at radius 3 is 2.55 bits per heavy atom. The molecule has 0 amide bonds. The van der Waals surface area contributed by atoms with Gasteiger partial charge in [-0.15, -0.1) is 16.7 Å². The van der Waals surface area contributed by atoms with Crippen LogP contribution in [0.2, 0.25) is 5.15 Å². The summed E-state index contributed by atoms with van der Waals surface area (Å²) < 4.78 is 1.65. The Balaban J connectivity index is 2.76. The zero-order valence-electron chi connectivity index (χ0n) is 6.33. The van der Waals surface area contributed by atoms with Gasteiger partial charge in [0.1, 0.15) is 0 Å². The van der Waals surface area contributed by atoms with Crippen molar-refractivity contribution in [3.63, 3.8) is 0 Å². The third-order valence-corrected chi connectivity index (χ3v) is 2.10. The van der Waals surface area contributed by atoms with Crippen molar-refractivity contribution in [1.29, 1.82) is 0 Å². The van der Waals surface area contributed by atoms with Crippen LogP contribution in [-0.2, 0) is 0 Å². The molecule has 0 aliphatic carbocycles. The molecule has 3 nitrogen and oxygen atoms in total. The molecule has 0 aliphatic rings. The van der Waals surface area contributed by atoms with E-state index in [1.807, 2.05) is 13.8 Å². The minimum atomic E-state index is 0.0211. The molecule has 1 heterocycles. The molecule has 0 N–H and O–H groups in total. The van der Waals surface area contributed by atoms with Gasteiger partial charge in [-0.3, -0.25) is 0 Å². The van der Waals surface area contributed by atoms with Crippen LogP contribution in [-0.4, -0.2) is 20.4 Å². The summed E-state index contributed by atoms with van der Waals surface area (Å²) in [7, 11) is 0. The van der Waals surface area contributed by atoms with Gasteiger partial charge in [-0.05, 0) is 13.8 Å². The van der Waals surface area contributed by atoms with Crippen LogP contribution in [0.1, 0.15) is 19.9 Å². The molecule has 1 aromatic heterocycles. The molecule has 0 fully saturated rings. The van der Waals surface area contributed by atoms with Crippen molar-refractivity contribution < 1.29 is 0 Å². The van der Waals surface area contributed by atoms with Gasteiger partial charge >= 0.3 is 0 Å². The molecule has 1 unspecified atom stereocenters. The Hall–Kier alpha value is -0.280. The standard InChI is InChI=1S/C6H9Cl2N3/c1-4(7)5(2)11-3-6(8)9-10-11/h3-5H,1-2H3/t4?,5-/m1/s1. The average Bonchev–Trinajstić information content (AvgIpc) is 2.34. The molecule has 5 heteroatoms. The summed E-state index contributed by atoms with van der Waals surface area (Å²) in [5.74, 6) is 0. The van der Waals surface area contributed by atoms with Crippen LogP contribution in [0.15, 0.2) is 6.20 Å². The summed E-state index contributed by atoms with van der Waals surface area (Å²) >= 11 is 11.4. The molecular weight excluding hydrogens is 185 g/mol. The van der Waals surface area contributed by atoms with Crippen molar-refractivity contribution in [1.82, 2.24) is 15.0 Å². The molecule has 1 rings (SSSR count). The van der Waals surface area contributed by atoms with Crippen LogP contribution < -0.4 is 0 Å². The fourth-order valence-electron chi connectivity index (χ4n) is 0.665. The van der Waals surface area contributed by atoms with E-state index in [4.69, 9.17) is 23.2 Å². The highest BCUT2D eigenvalue weighted by Gasteiger charge is 2.12. The maximum absolute atomic E-state index is 5.84. The summed E-state index contributed by atoms with van der Waals surface area (Å²) in [6.07, 6.45) is 1.66. The Bertz CT molecular complexity index is 233. The van der Waals surface area contributed by atoms with Gasteiger partial charge in [-0.2, -0.15) is 0 Å². The second-order valence-electron chi connectivity index (χ2n) is 2.44. The number of alkyl halides is 1. The van der Waals surface area contributed by atoms with Crippen LogP contribution in [0, 0.1) is 0 Å². The van der Waals surface area contributed by atoms with E-state index in [1.54, 1.807) is 10.9 Å². The Morgan fingerprint density at radius 1 is 1.55 bits per heavy atom. The first-order valence-corrected chi connectivity index (χ1v) is 4.14. The summed E-state index contributed by atoms with van der Waals surface area (Å²) in [4.78, 5) is 0. The first kappa shape index (κ1) is 8.81. The molecule has 2 atom stereocenters. The van der Waals surface area contributed by atoms with Gasteiger partial charge in [0.25, 0.3) is 0 Å². The molecular formula is C6H9Cl2N3. The van der Waals surface area contributed by atoms with Gasteiger partial charge in [-0.1, -0.05) is 16.8 Å². The quantitative estimate of drug-likeness (QED) is 0.675. The van der Waals surface area contributed by atoms with Crippen molar-refractivity contribution in [3.05, 3.63) is 11.3 Å². The van der Waals surface area contributed by atoms with E-state index >= 15 is 0 Å². The highest BCUT2D eigenvalue weighted by Crippen LogP contribution is 2.15. The van der Waals surface area contributed by atoms with E-state index in [9.17, 15) is 0 Å². The molecule has 0 spiro atoms. The first-order chi connectivity index (χ1) is 5.11. The van der Waals surface area contributed by atoms with Crippen LogP contribution in [0.5, 0.6) is 0 Å². The van der Waals surface area contributed by atoms with Gasteiger partial charge in [0.2, 0.25) is 0 Å². The molecule has 0 bridgehead atoms. The van der Waals surface area contributed by atoms with Crippen LogP contribution in [0.25, 0.3) is 0 Å². The molecule has 0 aromatic carbocycles. The molecule has 11 heavy (non-hydrogen) atoms. The van der Waals surface area contributed by atoms with Crippen LogP contribution in [0.4, 0.5) is 0 Å². The minimum absolute atomic E-state index is 0.0211. The van der Waals surface area contributed by atoms with E-state index in [2.05, 4.69) is 10.3 Å². The lowest BCUT2D eigenvalue weighted by Crippen LogP contribution is -2.14. The van der Waals surface area contributed by atoms with Gasteiger partial charge in [-0.25, -0.2) is 4.68 Å². The molecule has 0 saturated heterocycles. The van der Waals surface area contributed by atoms with Crippen molar-refractivity contribution in [3.8, 4) is 0 Å². The van der Waals surface area contributed by atoms with Gasteiger partial charge in [0.05, 0.1) is 17.6 Å². The zero-order valence-corrected chi connectivity index (χ0v) is 7.84. The first-order valence-electron chi connectivity index (χ1n) is 3.32. The number of hydrogen-bond acceptors (Lipinski definition) is 2. The average molecular weight is 194 g/mol. The Labute approximate surface area is 75.3 Å². The van der Waals surface area contributed by atoms with Crippen LogP contribution >= 0.6 is 23.2 Å². The minimum Gasteiger partial charge on any atom is -0.247 e. The summed E-state index contributed by atoms with van der Waals surface area (Å²) in [5, 5.41) is 7.85.